The van der Waals surface area contributed by atoms with E-state index in [0.29, 0.717) is 25.0 Å². The number of ether oxygens (including phenoxy) is 1. The number of sulfonamides is 1. The normalized spacial score (nSPS) is 13.5. The second kappa shape index (κ2) is 14.0. The molecule has 37 heavy (non-hydrogen) atoms. The van der Waals surface area contributed by atoms with Crippen molar-refractivity contribution in [3.05, 3.63) is 60.2 Å². The lowest BCUT2D eigenvalue weighted by molar-refractivity contribution is 0.0839. The van der Waals surface area contributed by atoms with Crippen LogP contribution >= 0.6 is 0 Å². The summed E-state index contributed by atoms with van der Waals surface area (Å²) in [5.41, 5.74) is 0.319. The molecule has 10 heteroatoms. The van der Waals surface area contributed by atoms with Crippen molar-refractivity contribution in [3.8, 4) is 11.8 Å². The molecule has 0 aliphatic heterocycles. The average Bonchev–Trinajstić information content (AvgIpc) is 2.90. The number of nitriles is 1. The molecule has 0 saturated heterocycles. The van der Waals surface area contributed by atoms with Gasteiger partial charge in [0.25, 0.3) is 0 Å². The quantitative estimate of drug-likeness (QED) is 0.315. The van der Waals surface area contributed by atoms with Crippen LogP contribution < -0.4 is 10.1 Å². The summed E-state index contributed by atoms with van der Waals surface area (Å²) in [5, 5.41) is 32.1. The van der Waals surface area contributed by atoms with Crippen LogP contribution in [0.4, 0.5) is 4.79 Å². The van der Waals surface area contributed by atoms with Crippen molar-refractivity contribution in [3.63, 3.8) is 0 Å². The Labute approximate surface area is 219 Å². The molecule has 1 amide bonds. The highest BCUT2D eigenvalue weighted by atomic mass is 32.2. The minimum Gasteiger partial charge on any atom is -0.497 e. The first-order valence-corrected chi connectivity index (χ1v) is 13.8. The number of nitrogens with one attached hydrogen (secondary N) is 1. The third-order valence-electron chi connectivity index (χ3n) is 6.94. The maximum Gasteiger partial charge on any atom is 0.404 e. The number of amides is 1. The number of hydrogen-bond donors (Lipinski definition) is 3. The van der Waals surface area contributed by atoms with E-state index in [1.54, 1.807) is 12.1 Å². The van der Waals surface area contributed by atoms with Gasteiger partial charge in [0.05, 0.1) is 30.2 Å². The predicted molar refractivity (Wildman–Crippen MR) is 141 cm³/mol. The topological polar surface area (TPSA) is 140 Å². The molecule has 9 nitrogen and oxygen atoms in total. The Hall–Kier alpha value is -3.13. The van der Waals surface area contributed by atoms with Gasteiger partial charge in [0, 0.05) is 19.5 Å². The van der Waals surface area contributed by atoms with Gasteiger partial charge in [-0.25, -0.2) is 13.2 Å². The lowest BCUT2D eigenvalue weighted by Gasteiger charge is -2.38. The fourth-order valence-corrected chi connectivity index (χ4v) is 5.96. The van der Waals surface area contributed by atoms with Crippen molar-refractivity contribution in [1.29, 1.82) is 5.26 Å². The first-order valence-electron chi connectivity index (χ1n) is 12.3. The van der Waals surface area contributed by atoms with Crippen molar-refractivity contribution < 1.29 is 28.2 Å². The van der Waals surface area contributed by atoms with Crippen LogP contribution in [-0.4, -0.2) is 61.4 Å². The molecule has 0 heterocycles. The summed E-state index contributed by atoms with van der Waals surface area (Å²) in [5.74, 6) is 0.504. The van der Waals surface area contributed by atoms with E-state index < -0.39 is 33.7 Å². The van der Waals surface area contributed by atoms with Gasteiger partial charge in [0.1, 0.15) is 5.75 Å². The molecule has 2 rings (SSSR count). The van der Waals surface area contributed by atoms with Crippen LogP contribution in [0.1, 0.15) is 45.1 Å². The third kappa shape index (κ3) is 8.45. The summed E-state index contributed by atoms with van der Waals surface area (Å²) in [6, 6.07) is 16.3. The molecule has 0 spiro atoms. The van der Waals surface area contributed by atoms with Gasteiger partial charge in [0.2, 0.25) is 10.0 Å². The second-order valence-electron chi connectivity index (χ2n) is 9.15. The largest absolute Gasteiger partial charge is 0.497 e. The number of rotatable bonds is 15. The summed E-state index contributed by atoms with van der Waals surface area (Å²) in [6.45, 7) is 3.68. The molecule has 2 aromatic carbocycles. The third-order valence-corrected chi connectivity index (χ3v) is 8.76. The molecule has 2 atom stereocenters. The summed E-state index contributed by atoms with van der Waals surface area (Å²) < 4.78 is 34.0. The SMILES string of the molecule is CCC(CC)(CCC#N)CN(C[C@H](O)[C@H](Cc1ccccc1)NC(=O)O)S(=O)(=O)c1ccc(OC)cc1. The molecule has 2 aromatic rings. The molecule has 0 saturated carbocycles. The standard InChI is InChI=1S/C27H37N3O6S/c1-4-27(5-2,16-9-17-28)20-30(37(34,35)23-14-12-22(36-3)13-15-23)19-25(31)24(29-26(32)33)18-21-10-7-6-8-11-21/h6-8,10-15,24-25,29,31H,4-5,9,16,18-20H2,1-3H3,(H,32,33)/t24-,25-/m0/s1. The monoisotopic (exact) mass is 531 g/mol. The number of carbonyl (C=O) groups is 1. The van der Waals surface area contributed by atoms with E-state index in [1.165, 1.54) is 23.5 Å². The van der Waals surface area contributed by atoms with Crippen LogP contribution in [0.5, 0.6) is 5.75 Å². The van der Waals surface area contributed by atoms with Gasteiger partial charge in [-0.05, 0) is 60.9 Å². The Balaban J connectivity index is 2.46. The van der Waals surface area contributed by atoms with Crippen LogP contribution in [0, 0.1) is 16.7 Å². The zero-order valence-corrected chi connectivity index (χ0v) is 22.4. The average molecular weight is 532 g/mol. The lowest BCUT2D eigenvalue weighted by atomic mass is 9.78. The summed E-state index contributed by atoms with van der Waals surface area (Å²) >= 11 is 0. The summed E-state index contributed by atoms with van der Waals surface area (Å²) in [4.78, 5) is 11.5. The molecule has 0 fully saturated rings. The number of aliphatic hydroxyl groups is 1. The van der Waals surface area contributed by atoms with E-state index in [9.17, 15) is 28.7 Å². The molecular formula is C27H37N3O6S. The summed E-state index contributed by atoms with van der Waals surface area (Å²) in [6.07, 6.45) is -0.402. The van der Waals surface area contributed by atoms with E-state index in [2.05, 4.69) is 11.4 Å². The van der Waals surface area contributed by atoms with Crippen molar-refractivity contribution in [2.45, 2.75) is 63.0 Å². The van der Waals surface area contributed by atoms with Crippen molar-refractivity contribution >= 4 is 16.1 Å². The van der Waals surface area contributed by atoms with Gasteiger partial charge >= 0.3 is 6.09 Å². The molecular weight excluding hydrogens is 494 g/mol. The number of nitrogens with zero attached hydrogens (tertiary/aromatic N) is 2. The van der Waals surface area contributed by atoms with Gasteiger partial charge in [-0.2, -0.15) is 9.57 Å². The molecule has 0 aliphatic carbocycles. The van der Waals surface area contributed by atoms with Crippen molar-refractivity contribution in [2.24, 2.45) is 5.41 Å². The van der Waals surface area contributed by atoms with E-state index >= 15 is 0 Å². The van der Waals surface area contributed by atoms with Crippen LogP contribution in [0.25, 0.3) is 0 Å². The molecule has 0 radical (unpaired) electrons. The smallest absolute Gasteiger partial charge is 0.404 e. The van der Waals surface area contributed by atoms with Crippen LogP contribution in [0.2, 0.25) is 0 Å². The minimum absolute atomic E-state index is 0.0349. The van der Waals surface area contributed by atoms with Crippen LogP contribution in [0.15, 0.2) is 59.5 Å². The highest BCUT2D eigenvalue weighted by Gasteiger charge is 2.37. The Morgan fingerprint density at radius 2 is 1.76 bits per heavy atom. The Morgan fingerprint density at radius 3 is 2.27 bits per heavy atom. The van der Waals surface area contributed by atoms with Crippen molar-refractivity contribution in [2.75, 3.05) is 20.2 Å². The van der Waals surface area contributed by atoms with E-state index in [1.807, 2.05) is 44.2 Å². The first kappa shape index (κ1) is 30.1. The van der Waals surface area contributed by atoms with E-state index in [4.69, 9.17) is 4.74 Å². The minimum atomic E-state index is -4.07. The first-order chi connectivity index (χ1) is 17.6. The van der Waals surface area contributed by atoms with Gasteiger partial charge in [-0.3, -0.25) is 0 Å². The number of carboxylic acid groups (broad SMARTS) is 1. The summed E-state index contributed by atoms with van der Waals surface area (Å²) in [7, 11) is -2.59. The second-order valence-corrected chi connectivity index (χ2v) is 11.1. The van der Waals surface area contributed by atoms with Gasteiger partial charge in [0.15, 0.2) is 0 Å². The van der Waals surface area contributed by atoms with Gasteiger partial charge < -0.3 is 20.3 Å². The zero-order chi connectivity index (χ0) is 27.5. The Bertz CT molecular complexity index is 1130. The fourth-order valence-electron chi connectivity index (χ4n) is 4.39. The highest BCUT2D eigenvalue weighted by Crippen LogP contribution is 2.35. The zero-order valence-electron chi connectivity index (χ0n) is 21.6. The number of aliphatic hydroxyl groups excluding tert-OH is 1. The Kier molecular flexibility index (Phi) is 11.4. The molecule has 0 unspecified atom stereocenters. The van der Waals surface area contributed by atoms with Crippen LogP contribution in [-0.2, 0) is 16.4 Å². The molecule has 202 valence electrons. The van der Waals surface area contributed by atoms with Gasteiger partial charge in [-0.1, -0.05) is 44.2 Å². The number of methoxy groups -OCH3 is 1. The van der Waals surface area contributed by atoms with Gasteiger partial charge in [-0.15, -0.1) is 0 Å². The number of benzene rings is 2. The number of hydrogen-bond acceptors (Lipinski definition) is 6. The van der Waals surface area contributed by atoms with Crippen molar-refractivity contribution in [1.82, 2.24) is 9.62 Å². The lowest BCUT2D eigenvalue weighted by Crippen LogP contribution is -2.52. The fraction of sp³-hybridized carbons (Fsp3) is 0.481. The molecule has 3 N–H and O–H groups in total. The maximum atomic E-state index is 13.8. The maximum absolute atomic E-state index is 13.8. The van der Waals surface area contributed by atoms with E-state index in [0.717, 1.165) is 5.56 Å². The highest BCUT2D eigenvalue weighted by molar-refractivity contribution is 7.89. The molecule has 0 aromatic heterocycles. The molecule has 0 aliphatic rings. The Morgan fingerprint density at radius 1 is 1.14 bits per heavy atom. The molecule has 0 bridgehead atoms. The van der Waals surface area contributed by atoms with E-state index in [-0.39, 0.29) is 30.8 Å². The van der Waals surface area contributed by atoms with Crippen LogP contribution in [0.3, 0.4) is 0 Å². The predicted octanol–water partition coefficient (Wildman–Crippen LogP) is 4.04.